The van der Waals surface area contributed by atoms with Gasteiger partial charge in [0.1, 0.15) is 13.2 Å². The van der Waals surface area contributed by atoms with Crippen molar-refractivity contribution in [2.45, 2.75) is 19.1 Å². The zero-order chi connectivity index (χ0) is 16.5. The maximum absolute atomic E-state index is 10.9. The lowest BCUT2D eigenvalue weighted by Crippen LogP contribution is -2.19. The summed E-state index contributed by atoms with van der Waals surface area (Å²) in [6.45, 7) is 5.60. The molecule has 2 saturated heterocycles. The van der Waals surface area contributed by atoms with E-state index in [2.05, 4.69) is 25.5 Å². The molecule has 10 heteroatoms. The third-order valence-electron chi connectivity index (χ3n) is 2.53. The lowest BCUT2D eigenvalue weighted by Gasteiger charge is -2.02. The predicted molar refractivity (Wildman–Crippen MR) is 79.2 cm³/mol. The summed E-state index contributed by atoms with van der Waals surface area (Å²) in [5.74, 6) is 1.26. The molecule has 0 radical (unpaired) electrons. The van der Waals surface area contributed by atoms with Crippen LogP contribution < -0.4 is 0 Å². The van der Waals surface area contributed by atoms with Crippen molar-refractivity contribution < 1.29 is 37.0 Å². The van der Waals surface area contributed by atoms with E-state index < -0.39 is 33.9 Å². The monoisotopic (exact) mass is 354 g/mol. The highest BCUT2D eigenvalue weighted by atomic mass is 32.2. The Balaban J connectivity index is 0.000000220. The Morgan fingerprint density at radius 2 is 1.59 bits per heavy atom. The summed E-state index contributed by atoms with van der Waals surface area (Å²) in [5, 5.41) is 1.31. The average Bonchev–Trinajstić information content (AvgIpc) is 3.08. The average molecular weight is 354 g/mol. The Labute approximate surface area is 133 Å². The van der Waals surface area contributed by atoms with Gasteiger partial charge in [-0.1, -0.05) is 13.5 Å². The fourth-order valence-electron chi connectivity index (χ4n) is 1.47. The molecule has 0 aromatic rings. The molecule has 0 aromatic carbocycles. The normalized spacial score (nSPS) is 25.7. The standard InChI is InChI=1S/C6H10O4S.C6H8O4S/c2*1-2-11(8)4-5-3-9-6(7)10-5/h5H,2-4H2,1H3;2,5H,1,3-4H2. The van der Waals surface area contributed by atoms with Gasteiger partial charge in [0.25, 0.3) is 0 Å². The number of carbonyl (C=O) groups is 2. The van der Waals surface area contributed by atoms with Gasteiger partial charge in [-0.05, 0) is 5.41 Å². The van der Waals surface area contributed by atoms with Crippen LogP contribution in [-0.4, -0.2) is 63.4 Å². The van der Waals surface area contributed by atoms with Gasteiger partial charge in [0.2, 0.25) is 0 Å². The van der Waals surface area contributed by atoms with E-state index in [4.69, 9.17) is 0 Å². The van der Waals surface area contributed by atoms with Crippen molar-refractivity contribution in [3.63, 3.8) is 0 Å². The number of rotatable bonds is 6. The Morgan fingerprint density at radius 3 is 1.95 bits per heavy atom. The molecule has 2 fully saturated rings. The highest BCUT2D eigenvalue weighted by Crippen LogP contribution is 2.07. The van der Waals surface area contributed by atoms with Gasteiger partial charge in [0.15, 0.2) is 12.2 Å². The maximum Gasteiger partial charge on any atom is 0.508 e. The molecule has 0 aliphatic carbocycles. The van der Waals surface area contributed by atoms with Crippen LogP contribution in [-0.2, 0) is 40.5 Å². The molecule has 126 valence electrons. The fraction of sp³-hybridized carbons (Fsp3) is 0.667. The van der Waals surface area contributed by atoms with Crippen molar-refractivity contribution in [2.24, 2.45) is 0 Å². The van der Waals surface area contributed by atoms with Crippen LogP contribution >= 0.6 is 0 Å². The van der Waals surface area contributed by atoms with E-state index in [-0.39, 0.29) is 31.2 Å². The molecule has 0 N–H and O–H groups in total. The number of hydrogen-bond donors (Lipinski definition) is 0. The second-order valence-electron chi connectivity index (χ2n) is 4.21. The molecule has 2 aliphatic heterocycles. The van der Waals surface area contributed by atoms with Crippen molar-refractivity contribution in [3.05, 3.63) is 12.0 Å². The van der Waals surface area contributed by atoms with Crippen molar-refractivity contribution in [1.82, 2.24) is 0 Å². The fourth-order valence-corrected chi connectivity index (χ4v) is 2.95. The minimum absolute atomic E-state index is 0.193. The third-order valence-corrected chi connectivity index (χ3v) is 4.99. The molecular weight excluding hydrogens is 336 g/mol. The van der Waals surface area contributed by atoms with Gasteiger partial charge in [-0.3, -0.25) is 8.42 Å². The molecule has 22 heavy (non-hydrogen) atoms. The van der Waals surface area contributed by atoms with Crippen molar-refractivity contribution in [3.8, 4) is 0 Å². The summed E-state index contributed by atoms with van der Waals surface area (Å²) in [6.07, 6.45) is -2.01. The summed E-state index contributed by atoms with van der Waals surface area (Å²) in [6, 6.07) is 0. The van der Waals surface area contributed by atoms with Crippen LogP contribution in [0.5, 0.6) is 0 Å². The first kappa shape index (κ1) is 18.6. The second-order valence-corrected chi connectivity index (χ2v) is 7.43. The van der Waals surface area contributed by atoms with Gasteiger partial charge in [0.05, 0.1) is 11.5 Å². The summed E-state index contributed by atoms with van der Waals surface area (Å²) in [7, 11) is -2.01. The Morgan fingerprint density at radius 1 is 1.09 bits per heavy atom. The Kier molecular flexibility index (Phi) is 8.10. The van der Waals surface area contributed by atoms with Crippen LogP contribution in [0.15, 0.2) is 12.0 Å². The quantitative estimate of drug-likeness (QED) is 0.642. The van der Waals surface area contributed by atoms with E-state index in [0.717, 1.165) is 0 Å². The minimum Gasteiger partial charge on any atom is -0.430 e. The zero-order valence-corrected chi connectivity index (χ0v) is 13.7. The van der Waals surface area contributed by atoms with Gasteiger partial charge in [-0.2, -0.15) is 0 Å². The van der Waals surface area contributed by atoms with Crippen LogP contribution in [0.4, 0.5) is 9.59 Å². The molecule has 0 amide bonds. The second kappa shape index (κ2) is 9.57. The van der Waals surface area contributed by atoms with Gasteiger partial charge in [-0.25, -0.2) is 9.59 Å². The van der Waals surface area contributed by atoms with E-state index >= 15 is 0 Å². The molecule has 0 aromatic heterocycles. The van der Waals surface area contributed by atoms with Crippen molar-refractivity contribution in [1.29, 1.82) is 0 Å². The molecule has 0 bridgehead atoms. The van der Waals surface area contributed by atoms with Gasteiger partial charge in [-0.15, -0.1) is 0 Å². The Bertz CT molecular complexity index is 464. The smallest absolute Gasteiger partial charge is 0.430 e. The van der Waals surface area contributed by atoms with Gasteiger partial charge in [0, 0.05) is 27.4 Å². The van der Waals surface area contributed by atoms with Crippen LogP contribution in [0.1, 0.15) is 6.92 Å². The minimum atomic E-state index is -1.13. The highest BCUT2D eigenvalue weighted by molar-refractivity contribution is 7.88. The van der Waals surface area contributed by atoms with E-state index in [1.54, 1.807) is 0 Å². The highest BCUT2D eigenvalue weighted by Gasteiger charge is 2.26. The maximum atomic E-state index is 10.9. The van der Waals surface area contributed by atoms with Crippen LogP contribution in [0, 0.1) is 0 Å². The molecular formula is C12H18O8S2. The first-order valence-electron chi connectivity index (χ1n) is 6.46. The summed E-state index contributed by atoms with van der Waals surface area (Å²) >= 11 is 0. The van der Waals surface area contributed by atoms with Crippen molar-refractivity contribution in [2.75, 3.05) is 30.5 Å². The first-order valence-corrected chi connectivity index (χ1v) is 9.33. The molecule has 0 saturated carbocycles. The molecule has 8 nitrogen and oxygen atoms in total. The third kappa shape index (κ3) is 7.03. The number of carbonyl (C=O) groups excluding carboxylic acids is 2. The molecule has 2 rings (SSSR count). The van der Waals surface area contributed by atoms with E-state index in [9.17, 15) is 18.0 Å². The Hall–Kier alpha value is -1.42. The van der Waals surface area contributed by atoms with Crippen LogP contribution in [0.2, 0.25) is 0 Å². The molecule has 4 unspecified atom stereocenters. The largest absolute Gasteiger partial charge is 0.508 e. The summed E-state index contributed by atoms with van der Waals surface area (Å²) in [5.41, 5.74) is 0. The predicted octanol–water partition coefficient (Wildman–Crippen LogP) is 0.704. The van der Waals surface area contributed by atoms with Crippen LogP contribution in [0.25, 0.3) is 0 Å². The molecule has 4 atom stereocenters. The van der Waals surface area contributed by atoms with E-state index in [0.29, 0.717) is 11.5 Å². The summed E-state index contributed by atoms with van der Waals surface area (Å²) in [4.78, 5) is 20.7. The van der Waals surface area contributed by atoms with Gasteiger partial charge < -0.3 is 18.9 Å². The van der Waals surface area contributed by atoms with E-state index in [1.165, 1.54) is 5.41 Å². The van der Waals surface area contributed by atoms with Gasteiger partial charge >= 0.3 is 12.3 Å². The number of cyclic esters (lactones) is 4. The topological polar surface area (TPSA) is 105 Å². The zero-order valence-electron chi connectivity index (χ0n) is 12.1. The number of ether oxygens (including phenoxy) is 4. The SMILES string of the molecule is C=CS(=O)CC1COC(=O)O1.CCS(=O)CC1COC(=O)O1. The molecule has 0 spiro atoms. The lowest BCUT2D eigenvalue weighted by molar-refractivity contribution is 0.121. The van der Waals surface area contributed by atoms with E-state index in [1.807, 2.05) is 6.92 Å². The molecule has 2 aliphatic rings. The summed E-state index contributed by atoms with van der Waals surface area (Å²) < 4.78 is 40.1. The molecule has 2 heterocycles. The van der Waals surface area contributed by atoms with Crippen molar-refractivity contribution >= 4 is 33.9 Å². The first-order chi connectivity index (χ1) is 10.4. The lowest BCUT2D eigenvalue weighted by atomic mass is 10.4. The van der Waals surface area contributed by atoms with Crippen LogP contribution in [0.3, 0.4) is 0 Å². The number of hydrogen-bond acceptors (Lipinski definition) is 8.